The van der Waals surface area contributed by atoms with Crippen LogP contribution in [-0.2, 0) is 0 Å². The molecular formula is C15H17N5OS2. The Labute approximate surface area is 142 Å². The van der Waals surface area contributed by atoms with Crippen molar-refractivity contribution in [3.8, 4) is 10.7 Å². The van der Waals surface area contributed by atoms with E-state index < -0.39 is 0 Å². The molecule has 0 radical (unpaired) electrons. The molecule has 0 amide bonds. The van der Waals surface area contributed by atoms with E-state index in [0.717, 1.165) is 59.2 Å². The molecule has 0 saturated carbocycles. The van der Waals surface area contributed by atoms with Crippen LogP contribution in [0.5, 0.6) is 0 Å². The molecule has 23 heavy (non-hydrogen) atoms. The van der Waals surface area contributed by atoms with Gasteiger partial charge in [-0.3, -0.25) is 0 Å². The molecule has 0 N–H and O–H groups in total. The number of hydrogen-bond acceptors (Lipinski definition) is 8. The maximum Gasteiger partial charge on any atom is 0.230 e. The summed E-state index contributed by atoms with van der Waals surface area (Å²) in [6.07, 6.45) is 0. The first-order chi connectivity index (χ1) is 11.2. The van der Waals surface area contributed by atoms with E-state index in [1.807, 2.05) is 13.0 Å². The molecule has 3 aromatic rings. The highest BCUT2D eigenvalue weighted by Crippen LogP contribution is 2.29. The van der Waals surface area contributed by atoms with Gasteiger partial charge in [-0.2, -0.15) is 9.36 Å². The second-order valence-electron chi connectivity index (χ2n) is 5.55. The van der Waals surface area contributed by atoms with Crippen LogP contribution in [0.1, 0.15) is 11.3 Å². The lowest BCUT2D eigenvalue weighted by atomic mass is 10.2. The summed E-state index contributed by atoms with van der Waals surface area (Å²) in [4.78, 5) is 10.4. The highest BCUT2D eigenvalue weighted by molar-refractivity contribution is 7.14. The average molecular weight is 347 g/mol. The van der Waals surface area contributed by atoms with Crippen molar-refractivity contribution in [3.63, 3.8) is 0 Å². The number of piperazine rings is 1. The fourth-order valence-corrected chi connectivity index (χ4v) is 4.10. The molecule has 0 unspecified atom stereocenters. The fraction of sp³-hybridized carbons (Fsp3) is 0.400. The van der Waals surface area contributed by atoms with E-state index in [-0.39, 0.29) is 0 Å². The van der Waals surface area contributed by atoms with E-state index in [1.54, 1.807) is 11.3 Å². The summed E-state index contributed by atoms with van der Waals surface area (Å²) >= 11 is 3.15. The van der Waals surface area contributed by atoms with Crippen LogP contribution in [0.4, 0.5) is 11.0 Å². The van der Waals surface area contributed by atoms with Crippen LogP contribution < -0.4 is 9.80 Å². The number of anilines is 2. The van der Waals surface area contributed by atoms with Gasteiger partial charge in [0.05, 0.1) is 10.6 Å². The summed E-state index contributed by atoms with van der Waals surface area (Å²) in [5, 5.41) is 7.10. The Bertz CT molecular complexity index is 787. The molecule has 0 aromatic carbocycles. The van der Waals surface area contributed by atoms with Crippen LogP contribution in [0.25, 0.3) is 10.7 Å². The molecule has 1 aliphatic heterocycles. The molecule has 3 aromatic heterocycles. The van der Waals surface area contributed by atoms with Gasteiger partial charge in [0.15, 0.2) is 5.82 Å². The molecule has 6 nitrogen and oxygen atoms in total. The van der Waals surface area contributed by atoms with Gasteiger partial charge >= 0.3 is 0 Å². The molecule has 4 heterocycles. The summed E-state index contributed by atoms with van der Waals surface area (Å²) in [6, 6.07) is 4.09. The molecule has 120 valence electrons. The smallest absolute Gasteiger partial charge is 0.230 e. The second kappa shape index (κ2) is 5.93. The van der Waals surface area contributed by atoms with Gasteiger partial charge in [-0.05, 0) is 25.3 Å². The Morgan fingerprint density at radius 2 is 1.91 bits per heavy atom. The summed E-state index contributed by atoms with van der Waals surface area (Å²) in [6.45, 7) is 7.68. The minimum Gasteiger partial charge on any atom is -0.343 e. The van der Waals surface area contributed by atoms with Crippen LogP contribution in [-0.4, -0.2) is 40.7 Å². The quantitative estimate of drug-likeness (QED) is 0.725. The maximum atomic E-state index is 5.46. The minimum atomic E-state index is 0.837. The summed E-state index contributed by atoms with van der Waals surface area (Å²) in [5.74, 6) is 1.74. The van der Waals surface area contributed by atoms with Crippen molar-refractivity contribution in [2.45, 2.75) is 13.8 Å². The Kier molecular flexibility index (Phi) is 3.78. The van der Waals surface area contributed by atoms with Crippen LogP contribution in [0.15, 0.2) is 22.0 Å². The third-order valence-corrected chi connectivity index (χ3v) is 5.77. The molecule has 0 spiro atoms. The Morgan fingerprint density at radius 3 is 2.57 bits per heavy atom. The Hall–Kier alpha value is -1.93. The van der Waals surface area contributed by atoms with Gasteiger partial charge < -0.3 is 14.3 Å². The van der Waals surface area contributed by atoms with Crippen molar-refractivity contribution < 1.29 is 4.52 Å². The summed E-state index contributed by atoms with van der Waals surface area (Å²) in [5.41, 5.74) is 2.10. The predicted octanol–water partition coefficient (Wildman–Crippen LogP) is 3.20. The monoisotopic (exact) mass is 347 g/mol. The third-order valence-electron chi connectivity index (χ3n) is 4.13. The average Bonchev–Trinajstić information content (AvgIpc) is 3.30. The number of thiophene rings is 1. The van der Waals surface area contributed by atoms with Crippen molar-refractivity contribution in [2.24, 2.45) is 0 Å². The largest absolute Gasteiger partial charge is 0.343 e. The zero-order valence-corrected chi connectivity index (χ0v) is 14.7. The number of nitrogens with zero attached hydrogens (tertiary/aromatic N) is 5. The normalized spacial score (nSPS) is 15.4. The van der Waals surface area contributed by atoms with Gasteiger partial charge in [-0.1, -0.05) is 11.2 Å². The summed E-state index contributed by atoms with van der Waals surface area (Å²) < 4.78 is 9.95. The van der Waals surface area contributed by atoms with Crippen molar-refractivity contribution >= 4 is 33.9 Å². The van der Waals surface area contributed by atoms with Crippen LogP contribution in [0.3, 0.4) is 0 Å². The van der Waals surface area contributed by atoms with Crippen molar-refractivity contribution in [1.82, 2.24) is 14.5 Å². The molecule has 1 aliphatic rings. The van der Waals surface area contributed by atoms with Gasteiger partial charge in [-0.15, -0.1) is 11.3 Å². The maximum absolute atomic E-state index is 5.46. The van der Waals surface area contributed by atoms with E-state index in [4.69, 9.17) is 4.52 Å². The molecule has 1 fully saturated rings. The van der Waals surface area contributed by atoms with Crippen LogP contribution >= 0.6 is 22.9 Å². The predicted molar refractivity (Wildman–Crippen MR) is 93.6 cm³/mol. The van der Waals surface area contributed by atoms with Gasteiger partial charge in [0.2, 0.25) is 11.0 Å². The SMILES string of the molecule is Cc1noc(N2CCN(c3nc(-c4cccs4)ns3)CC2)c1C. The van der Waals surface area contributed by atoms with Gasteiger partial charge in [0, 0.05) is 43.3 Å². The highest BCUT2D eigenvalue weighted by Gasteiger charge is 2.24. The molecule has 0 atom stereocenters. The summed E-state index contributed by atoms with van der Waals surface area (Å²) in [7, 11) is 0. The van der Waals surface area contributed by atoms with E-state index >= 15 is 0 Å². The lowest BCUT2D eigenvalue weighted by Gasteiger charge is -2.34. The van der Waals surface area contributed by atoms with Crippen molar-refractivity contribution in [2.75, 3.05) is 36.0 Å². The standard InChI is InChI=1S/C15H17N5OS2/c1-10-11(2)17-21-14(10)19-5-7-20(8-6-19)15-16-13(18-23-15)12-4-3-9-22-12/h3-4,9H,5-8H2,1-2H3. The molecule has 1 saturated heterocycles. The topological polar surface area (TPSA) is 58.3 Å². The lowest BCUT2D eigenvalue weighted by molar-refractivity contribution is 0.406. The zero-order valence-electron chi connectivity index (χ0n) is 13.0. The highest BCUT2D eigenvalue weighted by atomic mass is 32.1. The van der Waals surface area contributed by atoms with E-state index in [1.165, 1.54) is 11.5 Å². The van der Waals surface area contributed by atoms with Crippen molar-refractivity contribution in [1.29, 1.82) is 0 Å². The number of hydrogen-bond donors (Lipinski definition) is 0. The van der Waals surface area contributed by atoms with E-state index in [9.17, 15) is 0 Å². The molecule has 8 heteroatoms. The Morgan fingerprint density at radius 1 is 1.13 bits per heavy atom. The van der Waals surface area contributed by atoms with E-state index in [2.05, 4.69) is 42.7 Å². The molecule has 0 aliphatic carbocycles. The second-order valence-corrected chi connectivity index (χ2v) is 7.23. The zero-order chi connectivity index (χ0) is 15.8. The molecule has 4 rings (SSSR count). The van der Waals surface area contributed by atoms with Crippen molar-refractivity contribution in [3.05, 3.63) is 28.8 Å². The third kappa shape index (κ3) is 2.72. The molecule has 0 bridgehead atoms. The Balaban J connectivity index is 1.45. The first-order valence-electron chi connectivity index (χ1n) is 7.53. The van der Waals surface area contributed by atoms with Gasteiger partial charge in [-0.25, -0.2) is 0 Å². The number of rotatable bonds is 3. The van der Waals surface area contributed by atoms with E-state index in [0.29, 0.717) is 0 Å². The first kappa shape index (κ1) is 14.6. The lowest BCUT2D eigenvalue weighted by Crippen LogP contribution is -2.46. The van der Waals surface area contributed by atoms with Gasteiger partial charge in [0.1, 0.15) is 0 Å². The first-order valence-corrected chi connectivity index (χ1v) is 9.18. The fourth-order valence-electron chi connectivity index (χ4n) is 2.65. The minimum absolute atomic E-state index is 0.837. The number of aromatic nitrogens is 3. The van der Waals surface area contributed by atoms with Crippen LogP contribution in [0.2, 0.25) is 0 Å². The number of aryl methyl sites for hydroxylation is 1. The van der Waals surface area contributed by atoms with Crippen LogP contribution in [0, 0.1) is 13.8 Å². The molecular weight excluding hydrogens is 330 g/mol. The van der Waals surface area contributed by atoms with Gasteiger partial charge in [0.25, 0.3) is 0 Å².